The molecule has 0 aliphatic rings. The molecule has 0 aromatic rings. The summed E-state index contributed by atoms with van der Waals surface area (Å²) in [6.45, 7) is 0.0639. The molecular weight excluding hydrogens is 642 g/mol. The molecule has 0 spiro atoms. The second-order valence-corrected chi connectivity index (χ2v) is 7.16. The molecule has 0 saturated carbocycles. The number of Topliss-reactive ketones (excluding diaryl/α,β-unsaturated/α-hetero) is 2. The second-order valence-electron chi connectivity index (χ2n) is 7.16. The van der Waals surface area contributed by atoms with E-state index in [1.165, 1.54) is 0 Å². The summed E-state index contributed by atoms with van der Waals surface area (Å²) in [5.41, 5.74) is 6.91. The fourth-order valence-corrected chi connectivity index (χ4v) is 1.69. The zero-order valence-corrected chi connectivity index (χ0v) is 23.1. The van der Waals surface area contributed by atoms with E-state index in [2.05, 4.69) is 5.43 Å². The standard InChI is InChI=1S/C6H10N2O5.2C5H6O5.C4H7NO4.Fe/c1-4(9)7-8(2-5(10)11)3-6(12)13;6-3(1-4(7)8)2-5(9)10;6-3(5(9)10)1-2-4(7)8;5-2(4(8)9)1-3(6)7;/h2-3H2,1H3,(H,7,9)(H,10,11)(H,12,13);2*1-2H2,(H,7,8)(H,9,10);2H,1,5H2,(H,6,7)(H,8,9);. The van der Waals surface area contributed by atoms with Crippen molar-refractivity contribution in [1.82, 2.24) is 10.4 Å². The van der Waals surface area contributed by atoms with Crippen LogP contribution in [0, 0.1) is 0 Å². The van der Waals surface area contributed by atoms with Gasteiger partial charge in [-0.05, 0) is 0 Å². The second kappa shape index (κ2) is 27.2. The Morgan fingerprint density at radius 3 is 1.23 bits per heavy atom. The number of aliphatic carboxylic acids is 8. The minimum absolute atomic E-state index is 0. The van der Waals surface area contributed by atoms with Crippen molar-refractivity contribution in [2.75, 3.05) is 13.1 Å². The summed E-state index contributed by atoms with van der Waals surface area (Å²) in [5.74, 6) is -12.6. The van der Waals surface area contributed by atoms with Crippen LogP contribution in [-0.4, -0.2) is 130 Å². The topological polar surface area (TPSA) is 391 Å². The first-order chi connectivity index (χ1) is 19.0. The van der Waals surface area contributed by atoms with E-state index in [0.717, 1.165) is 11.9 Å². The van der Waals surface area contributed by atoms with Crippen LogP contribution in [0.2, 0.25) is 0 Å². The molecular formula is C20H29FeN3O19. The van der Waals surface area contributed by atoms with Crippen LogP contribution in [0.15, 0.2) is 0 Å². The minimum atomic E-state index is -1.58. The Bertz CT molecular complexity index is 973. The van der Waals surface area contributed by atoms with Crippen LogP contribution < -0.4 is 11.2 Å². The third kappa shape index (κ3) is 44.3. The molecule has 1 atom stereocenters. The Kier molecular flexibility index (Phi) is 30.2. The van der Waals surface area contributed by atoms with Crippen LogP contribution in [0.3, 0.4) is 0 Å². The summed E-state index contributed by atoms with van der Waals surface area (Å²) in [6, 6.07) is -1.29. The monoisotopic (exact) mass is 671 g/mol. The Labute approximate surface area is 250 Å². The number of amides is 1. The number of carbonyl (C=O) groups excluding carboxylic acids is 3. The average molecular weight is 671 g/mol. The number of nitrogens with two attached hydrogens (primary N) is 1. The molecule has 0 aliphatic carbocycles. The predicted octanol–water partition coefficient (Wildman–Crippen LogP) is -3.61. The third-order valence-corrected chi connectivity index (χ3v) is 3.18. The van der Waals surface area contributed by atoms with Gasteiger partial charge in [-0.1, -0.05) is 0 Å². The van der Waals surface area contributed by atoms with Gasteiger partial charge in [-0.15, -0.1) is 0 Å². The summed E-state index contributed by atoms with van der Waals surface area (Å²) >= 11 is 0. The van der Waals surface area contributed by atoms with Crippen LogP contribution in [0.25, 0.3) is 0 Å². The van der Waals surface area contributed by atoms with Gasteiger partial charge in [0.25, 0.3) is 0 Å². The number of ketones is 2. The number of carboxylic acids is 8. The van der Waals surface area contributed by atoms with Crippen molar-refractivity contribution in [1.29, 1.82) is 0 Å². The van der Waals surface area contributed by atoms with Crippen molar-refractivity contribution in [3.8, 4) is 0 Å². The molecule has 0 bridgehead atoms. The maximum Gasteiger partial charge on any atom is 0.372 e. The molecule has 0 aromatic carbocycles. The maximum atomic E-state index is 10.5. The fourth-order valence-electron chi connectivity index (χ4n) is 1.69. The van der Waals surface area contributed by atoms with Crippen LogP contribution in [0.5, 0.6) is 0 Å². The number of carbonyl (C=O) groups is 11. The Hall–Kier alpha value is -4.99. The number of rotatable bonds is 16. The summed E-state index contributed by atoms with van der Waals surface area (Å²) in [4.78, 5) is 110. The number of hydrazine groups is 1. The van der Waals surface area contributed by atoms with E-state index in [1.807, 2.05) is 0 Å². The zero-order valence-electron chi connectivity index (χ0n) is 22.0. The number of hydrogen-bond donors (Lipinski definition) is 10. The zero-order chi connectivity index (χ0) is 34.2. The normalized spacial score (nSPS) is 9.65. The number of hydrogen-bond acceptors (Lipinski definition) is 13. The molecule has 0 heterocycles. The molecule has 23 heteroatoms. The molecule has 22 nitrogen and oxygen atoms in total. The molecule has 0 aliphatic heterocycles. The summed E-state index contributed by atoms with van der Waals surface area (Å²) in [5, 5.41) is 65.4. The fraction of sp³-hybridized carbons (Fsp3) is 0.450. The average Bonchev–Trinajstić information content (AvgIpc) is 2.75. The van der Waals surface area contributed by atoms with Gasteiger partial charge in [0.1, 0.15) is 32.0 Å². The first-order valence-electron chi connectivity index (χ1n) is 10.6. The van der Waals surface area contributed by atoms with Gasteiger partial charge in [0.15, 0.2) is 5.78 Å². The van der Waals surface area contributed by atoms with Gasteiger partial charge in [-0.3, -0.25) is 53.4 Å². The van der Waals surface area contributed by atoms with Crippen molar-refractivity contribution < 1.29 is 111 Å². The molecule has 11 N–H and O–H groups in total. The molecule has 0 radical (unpaired) electrons. The molecule has 1 amide bonds. The molecule has 0 rings (SSSR count). The smallest absolute Gasteiger partial charge is 0.372 e. The van der Waals surface area contributed by atoms with E-state index in [4.69, 9.17) is 46.6 Å². The van der Waals surface area contributed by atoms with Gasteiger partial charge in [0, 0.05) is 30.4 Å². The van der Waals surface area contributed by atoms with Gasteiger partial charge in [-0.25, -0.2) is 4.79 Å². The van der Waals surface area contributed by atoms with Crippen LogP contribution in [-0.2, 0) is 69.8 Å². The molecule has 43 heavy (non-hydrogen) atoms. The van der Waals surface area contributed by atoms with E-state index >= 15 is 0 Å². The Morgan fingerprint density at radius 1 is 0.628 bits per heavy atom. The summed E-state index contributed by atoms with van der Waals surface area (Å²) < 4.78 is 0. The van der Waals surface area contributed by atoms with Crippen molar-refractivity contribution in [3.05, 3.63) is 0 Å². The van der Waals surface area contributed by atoms with Gasteiger partial charge < -0.3 is 46.6 Å². The van der Waals surface area contributed by atoms with Crippen molar-refractivity contribution in [2.45, 2.75) is 45.1 Å². The van der Waals surface area contributed by atoms with Gasteiger partial charge in [-0.2, -0.15) is 5.01 Å². The molecule has 0 aromatic heterocycles. The van der Waals surface area contributed by atoms with Gasteiger partial charge >= 0.3 is 47.8 Å². The summed E-state index contributed by atoms with van der Waals surface area (Å²) in [6.07, 6.45) is -2.83. The Balaban J connectivity index is -0.000000150. The van der Waals surface area contributed by atoms with Crippen LogP contribution in [0.4, 0.5) is 0 Å². The minimum Gasteiger partial charge on any atom is -0.481 e. The van der Waals surface area contributed by atoms with Crippen LogP contribution >= 0.6 is 0 Å². The largest absolute Gasteiger partial charge is 0.481 e. The van der Waals surface area contributed by atoms with Crippen molar-refractivity contribution in [2.24, 2.45) is 5.73 Å². The maximum absolute atomic E-state index is 10.5. The van der Waals surface area contributed by atoms with E-state index in [9.17, 15) is 52.7 Å². The quantitative estimate of drug-likeness (QED) is 0.0327. The van der Waals surface area contributed by atoms with E-state index < -0.39 is 116 Å². The van der Waals surface area contributed by atoms with E-state index in [1.54, 1.807) is 0 Å². The molecule has 1 unspecified atom stereocenters. The number of nitrogens with one attached hydrogen (secondary N) is 1. The van der Waals surface area contributed by atoms with Gasteiger partial charge in [0.2, 0.25) is 11.7 Å². The third-order valence-electron chi connectivity index (χ3n) is 3.18. The first kappa shape index (κ1) is 47.8. The number of carboxylic acid groups (broad SMARTS) is 8. The first-order valence-corrected chi connectivity index (χ1v) is 10.6. The van der Waals surface area contributed by atoms with Crippen molar-refractivity contribution >= 4 is 65.2 Å². The van der Waals surface area contributed by atoms with Crippen molar-refractivity contribution in [3.63, 3.8) is 0 Å². The Morgan fingerprint density at radius 2 is 1.02 bits per heavy atom. The SMILES string of the molecule is CC(=O)NN(CC(=O)O)CC(=O)O.NC(CC(=O)O)C(=O)O.O=C(O)CC(=O)CC(=O)O.O=C(O)CCC(=O)C(=O)O.[Fe]. The van der Waals surface area contributed by atoms with E-state index in [0.29, 0.717) is 0 Å². The number of nitrogens with zero attached hydrogens (tertiary/aromatic N) is 1. The van der Waals surface area contributed by atoms with E-state index in [-0.39, 0.29) is 17.1 Å². The molecule has 0 fully saturated rings. The van der Waals surface area contributed by atoms with Crippen LogP contribution in [0.1, 0.15) is 39.0 Å². The predicted molar refractivity (Wildman–Crippen MR) is 128 cm³/mol. The summed E-state index contributed by atoms with van der Waals surface area (Å²) in [7, 11) is 0. The molecule has 0 saturated heterocycles. The molecule has 246 valence electrons. The van der Waals surface area contributed by atoms with Gasteiger partial charge in [0.05, 0.1) is 12.8 Å².